The smallest absolute Gasteiger partial charge is 0.410 e. The van der Waals surface area contributed by atoms with E-state index in [1.165, 1.54) is 19.2 Å². The summed E-state index contributed by atoms with van der Waals surface area (Å²) in [4.78, 5) is 26.7. The lowest BCUT2D eigenvalue weighted by Gasteiger charge is -2.35. The topological polar surface area (TPSA) is 108 Å². The summed E-state index contributed by atoms with van der Waals surface area (Å²) in [5, 5.41) is 0.283. The maximum absolute atomic E-state index is 12.9. The largest absolute Gasteiger partial charge is 0.496 e. The first-order valence-corrected chi connectivity index (χ1v) is 9.32. The molecule has 0 aromatic heterocycles. The third-order valence-electron chi connectivity index (χ3n) is 4.59. The molecular weight excluding hydrogens is 370 g/mol. The number of likely N-dealkylation sites (tertiary alicyclic amines) is 1. The number of amides is 1. The van der Waals surface area contributed by atoms with E-state index in [1.54, 1.807) is 4.90 Å². The molecule has 1 saturated heterocycles. The molecule has 27 heavy (non-hydrogen) atoms. The quantitative estimate of drug-likeness (QED) is 0.597. The molecule has 0 aliphatic carbocycles. The van der Waals surface area contributed by atoms with Gasteiger partial charge in [0.25, 0.3) is 0 Å². The second-order valence-electron chi connectivity index (χ2n) is 7.77. The van der Waals surface area contributed by atoms with Gasteiger partial charge >= 0.3 is 6.09 Å². The monoisotopic (exact) mass is 397 g/mol. The van der Waals surface area contributed by atoms with E-state index in [-0.39, 0.29) is 22.8 Å². The van der Waals surface area contributed by atoms with Gasteiger partial charge in [-0.05, 0) is 45.6 Å². The zero-order valence-electron chi connectivity index (χ0n) is 16.3. The summed E-state index contributed by atoms with van der Waals surface area (Å²) in [5.74, 6) is 0.0604. The summed E-state index contributed by atoms with van der Waals surface area (Å²) >= 11 is 6.05. The molecule has 1 atom stereocenters. The van der Waals surface area contributed by atoms with Crippen LogP contribution in [-0.2, 0) is 4.74 Å². The molecule has 0 spiro atoms. The number of ether oxygens (including phenoxy) is 2. The van der Waals surface area contributed by atoms with Crippen molar-refractivity contribution in [1.82, 2.24) is 4.90 Å². The molecule has 1 aliphatic rings. The Morgan fingerprint density at radius 1 is 1.26 bits per heavy atom. The van der Waals surface area contributed by atoms with Gasteiger partial charge in [0.1, 0.15) is 11.4 Å². The Bertz CT molecular complexity index is 710. The van der Waals surface area contributed by atoms with Crippen molar-refractivity contribution < 1.29 is 19.1 Å². The number of hydrogen-bond acceptors (Lipinski definition) is 6. The molecule has 2 rings (SSSR count). The predicted octanol–water partition coefficient (Wildman–Crippen LogP) is 3.09. The van der Waals surface area contributed by atoms with Crippen molar-refractivity contribution in [1.29, 1.82) is 0 Å². The van der Waals surface area contributed by atoms with Crippen molar-refractivity contribution in [2.75, 3.05) is 25.9 Å². The fraction of sp³-hybridized carbons (Fsp3) is 0.579. The number of Topliss-reactive ketones (excluding diaryl/α,β-unsaturated/α-hetero) is 1. The summed E-state index contributed by atoms with van der Waals surface area (Å²) in [6.07, 6.45) is 0.904. The van der Waals surface area contributed by atoms with Gasteiger partial charge in [-0.25, -0.2) is 4.79 Å². The van der Waals surface area contributed by atoms with Crippen LogP contribution >= 0.6 is 11.6 Å². The number of benzene rings is 1. The van der Waals surface area contributed by atoms with E-state index in [0.29, 0.717) is 42.9 Å². The van der Waals surface area contributed by atoms with E-state index in [9.17, 15) is 9.59 Å². The Kier molecular flexibility index (Phi) is 6.59. The Balaban J connectivity index is 2.03. The third-order valence-corrected chi connectivity index (χ3v) is 4.91. The lowest BCUT2D eigenvalue weighted by atomic mass is 9.85. The van der Waals surface area contributed by atoms with Gasteiger partial charge in [0.05, 0.1) is 29.4 Å². The molecule has 0 saturated carbocycles. The number of carbonyl (C=O) groups excluding carboxylic acids is 2. The van der Waals surface area contributed by atoms with E-state index < -0.39 is 11.6 Å². The van der Waals surface area contributed by atoms with E-state index >= 15 is 0 Å². The predicted molar refractivity (Wildman–Crippen MR) is 105 cm³/mol. The number of anilines is 1. The maximum Gasteiger partial charge on any atom is 0.410 e. The summed E-state index contributed by atoms with van der Waals surface area (Å²) in [7, 11) is 1.46. The van der Waals surface area contributed by atoms with Gasteiger partial charge in [0.15, 0.2) is 5.78 Å². The molecule has 150 valence electrons. The zero-order chi connectivity index (χ0) is 20.4. The average molecular weight is 398 g/mol. The first-order chi connectivity index (χ1) is 12.5. The number of piperidine rings is 1. The number of nitrogen functional groups attached to an aromatic ring is 1. The van der Waals surface area contributed by atoms with Crippen LogP contribution < -0.4 is 16.2 Å². The highest BCUT2D eigenvalue weighted by molar-refractivity contribution is 6.33. The molecule has 1 aromatic rings. The van der Waals surface area contributed by atoms with E-state index in [1.807, 2.05) is 20.8 Å². The van der Waals surface area contributed by atoms with Crippen LogP contribution in [0, 0.1) is 5.92 Å². The number of carbonyl (C=O) groups is 2. The summed E-state index contributed by atoms with van der Waals surface area (Å²) in [5.41, 5.74) is 12.1. The fourth-order valence-electron chi connectivity index (χ4n) is 3.09. The van der Waals surface area contributed by atoms with E-state index in [2.05, 4.69) is 0 Å². The van der Waals surface area contributed by atoms with Crippen LogP contribution in [0.2, 0.25) is 5.02 Å². The highest BCUT2D eigenvalue weighted by Crippen LogP contribution is 2.31. The Morgan fingerprint density at radius 3 is 2.37 bits per heavy atom. The number of nitrogens with two attached hydrogens (primary N) is 2. The minimum atomic E-state index is -0.709. The van der Waals surface area contributed by atoms with Crippen molar-refractivity contribution in [3.05, 3.63) is 22.7 Å². The molecule has 1 unspecified atom stereocenters. The van der Waals surface area contributed by atoms with Crippen LogP contribution in [0.4, 0.5) is 10.5 Å². The van der Waals surface area contributed by atoms with Crippen molar-refractivity contribution >= 4 is 29.2 Å². The van der Waals surface area contributed by atoms with Crippen LogP contribution in [-0.4, -0.2) is 48.6 Å². The van der Waals surface area contributed by atoms with Crippen molar-refractivity contribution in [3.63, 3.8) is 0 Å². The van der Waals surface area contributed by atoms with Crippen LogP contribution in [0.5, 0.6) is 5.75 Å². The van der Waals surface area contributed by atoms with Gasteiger partial charge in [0.2, 0.25) is 0 Å². The summed E-state index contributed by atoms with van der Waals surface area (Å²) in [6, 6.07) is 2.31. The number of hydrogen-bond donors (Lipinski definition) is 2. The number of rotatable bonds is 4. The van der Waals surface area contributed by atoms with Crippen LogP contribution in [0.25, 0.3) is 0 Å². The maximum atomic E-state index is 12.9. The number of methoxy groups -OCH3 is 1. The molecule has 4 N–H and O–H groups in total. The number of ketones is 1. The SMILES string of the molecule is COc1cc(N)c(Cl)cc1C(=O)C(N)C1CCN(C(=O)OC(C)(C)C)CC1. The average Bonchev–Trinajstić information content (AvgIpc) is 2.61. The van der Waals surface area contributed by atoms with Crippen LogP contribution in [0.3, 0.4) is 0 Å². The lowest BCUT2D eigenvalue weighted by molar-refractivity contribution is 0.0176. The van der Waals surface area contributed by atoms with Crippen molar-refractivity contribution in [3.8, 4) is 5.75 Å². The second kappa shape index (κ2) is 8.35. The first kappa shape index (κ1) is 21.3. The normalized spacial score (nSPS) is 16.7. The molecule has 1 aromatic carbocycles. The van der Waals surface area contributed by atoms with Gasteiger partial charge in [-0.15, -0.1) is 0 Å². The van der Waals surface area contributed by atoms with E-state index in [0.717, 1.165) is 0 Å². The molecule has 1 amide bonds. The Hall–Kier alpha value is -1.99. The van der Waals surface area contributed by atoms with Gasteiger partial charge in [-0.2, -0.15) is 0 Å². The number of nitrogens with zero attached hydrogens (tertiary/aromatic N) is 1. The molecule has 1 aliphatic heterocycles. The molecule has 0 bridgehead atoms. The van der Waals surface area contributed by atoms with Crippen molar-refractivity contribution in [2.45, 2.75) is 45.3 Å². The fourth-order valence-corrected chi connectivity index (χ4v) is 3.26. The molecule has 7 nitrogen and oxygen atoms in total. The standard InChI is InChI=1S/C19H28ClN3O4/c1-19(2,3)27-18(25)23-7-5-11(6-8-23)16(22)17(24)12-9-13(20)14(21)10-15(12)26-4/h9-11,16H,5-8,21-22H2,1-4H3. The van der Waals surface area contributed by atoms with Gasteiger partial charge in [-0.1, -0.05) is 11.6 Å². The minimum absolute atomic E-state index is 0.0442. The summed E-state index contributed by atoms with van der Waals surface area (Å²) < 4.78 is 10.6. The first-order valence-electron chi connectivity index (χ1n) is 8.94. The van der Waals surface area contributed by atoms with Gasteiger partial charge in [0, 0.05) is 19.2 Å². The second-order valence-corrected chi connectivity index (χ2v) is 8.18. The lowest BCUT2D eigenvalue weighted by Crippen LogP contribution is -2.47. The highest BCUT2D eigenvalue weighted by Gasteiger charge is 2.33. The van der Waals surface area contributed by atoms with Gasteiger partial charge < -0.3 is 25.8 Å². The molecule has 1 fully saturated rings. The highest BCUT2D eigenvalue weighted by atomic mass is 35.5. The van der Waals surface area contributed by atoms with Crippen LogP contribution in [0.15, 0.2) is 12.1 Å². The Morgan fingerprint density at radius 2 is 1.85 bits per heavy atom. The molecule has 8 heteroatoms. The number of halogens is 1. The molecule has 0 radical (unpaired) electrons. The molecular formula is C19H28ClN3O4. The van der Waals surface area contributed by atoms with E-state index in [4.69, 9.17) is 32.5 Å². The molecule has 1 heterocycles. The Labute approximate surface area is 164 Å². The zero-order valence-corrected chi connectivity index (χ0v) is 17.0. The van der Waals surface area contributed by atoms with Gasteiger partial charge in [-0.3, -0.25) is 4.79 Å². The minimum Gasteiger partial charge on any atom is -0.496 e. The summed E-state index contributed by atoms with van der Waals surface area (Å²) in [6.45, 7) is 6.49. The van der Waals surface area contributed by atoms with Crippen molar-refractivity contribution in [2.24, 2.45) is 11.7 Å². The third kappa shape index (κ3) is 5.26. The van der Waals surface area contributed by atoms with Crippen LogP contribution in [0.1, 0.15) is 44.0 Å².